The first kappa shape index (κ1) is 22.8. The Bertz CT molecular complexity index is 829. The number of likely N-dealkylation sites (tertiary alicyclic amines) is 1. The van der Waals surface area contributed by atoms with E-state index in [1.807, 2.05) is 23.1 Å². The van der Waals surface area contributed by atoms with Crippen molar-refractivity contribution in [2.75, 3.05) is 13.1 Å². The van der Waals surface area contributed by atoms with E-state index >= 15 is 0 Å². The highest BCUT2D eigenvalue weighted by atomic mass is 35.5. The maximum Gasteiger partial charge on any atom is 0.222 e. The van der Waals surface area contributed by atoms with Crippen molar-refractivity contribution >= 4 is 17.5 Å². The number of nitrogens with two attached hydrogens (primary N) is 1. The van der Waals surface area contributed by atoms with Crippen LogP contribution in [0.4, 0.5) is 8.78 Å². The lowest BCUT2D eigenvalue weighted by Gasteiger charge is -2.34. The predicted octanol–water partition coefficient (Wildman–Crippen LogP) is 4.19. The van der Waals surface area contributed by atoms with Gasteiger partial charge in [0, 0.05) is 55.5 Å². The lowest BCUT2D eigenvalue weighted by atomic mass is 10.0. The molecule has 4 atom stereocenters. The number of carbonyl (C=O) groups excluding carboxylic acids is 1. The molecule has 1 fully saturated rings. The lowest BCUT2D eigenvalue weighted by molar-refractivity contribution is -0.131. The van der Waals surface area contributed by atoms with Gasteiger partial charge in [0.15, 0.2) is 0 Å². The summed E-state index contributed by atoms with van der Waals surface area (Å²) >= 11 is 6.35. The second kappa shape index (κ2) is 9.92. The number of halogens is 3. The van der Waals surface area contributed by atoms with E-state index < -0.39 is 11.6 Å². The fraction of sp³-hybridized carbons (Fsp3) is 0.522. The molecule has 1 aliphatic carbocycles. The van der Waals surface area contributed by atoms with E-state index in [4.69, 9.17) is 17.3 Å². The topological polar surface area (TPSA) is 49.6 Å². The third kappa shape index (κ3) is 5.41. The average molecular weight is 438 g/mol. The van der Waals surface area contributed by atoms with Crippen molar-refractivity contribution in [2.45, 2.75) is 57.1 Å². The number of benzene rings is 1. The van der Waals surface area contributed by atoms with E-state index in [2.05, 4.69) is 18.7 Å². The molecular formula is C23H30ClF2N3O. The first-order valence-electron chi connectivity index (χ1n) is 10.6. The van der Waals surface area contributed by atoms with E-state index in [-0.39, 0.29) is 29.9 Å². The number of hydrogen-bond acceptors (Lipinski definition) is 3. The molecule has 0 aromatic heterocycles. The standard InChI is InChI=1S/C23H30ClF2N3O/c1-3-15(2)10-23(30)28-9-8-19(14-28)29(18-6-7-22(27)20(24)12-18)13-16-4-5-17(25)11-21(16)26/h4-7,11-12,15,19-20,22H,3,8-10,13-14,27H2,1-2H3/t15?,19-,20?,22?/m0/s1. The predicted molar refractivity (Wildman–Crippen MR) is 116 cm³/mol. The fourth-order valence-corrected chi connectivity index (χ4v) is 4.11. The van der Waals surface area contributed by atoms with E-state index in [1.165, 1.54) is 12.1 Å². The summed E-state index contributed by atoms with van der Waals surface area (Å²) in [5.41, 5.74) is 7.22. The molecule has 0 spiro atoms. The Hall–Kier alpha value is -1.92. The molecule has 2 aliphatic rings. The molecule has 1 heterocycles. The third-order valence-corrected chi connectivity index (χ3v) is 6.47. The zero-order valence-electron chi connectivity index (χ0n) is 17.5. The summed E-state index contributed by atoms with van der Waals surface area (Å²) < 4.78 is 27.7. The van der Waals surface area contributed by atoms with Gasteiger partial charge in [0.1, 0.15) is 11.6 Å². The van der Waals surface area contributed by atoms with E-state index in [0.717, 1.165) is 24.6 Å². The first-order chi connectivity index (χ1) is 14.3. The van der Waals surface area contributed by atoms with Gasteiger partial charge in [-0.05, 0) is 30.6 Å². The molecule has 164 valence electrons. The van der Waals surface area contributed by atoms with Crippen molar-refractivity contribution in [1.82, 2.24) is 9.80 Å². The highest BCUT2D eigenvalue weighted by Crippen LogP contribution is 2.28. The van der Waals surface area contributed by atoms with Gasteiger partial charge in [-0.3, -0.25) is 4.79 Å². The lowest BCUT2D eigenvalue weighted by Crippen LogP contribution is -2.40. The number of nitrogens with zero attached hydrogens (tertiary/aromatic N) is 2. The zero-order chi connectivity index (χ0) is 21.8. The smallest absolute Gasteiger partial charge is 0.222 e. The van der Waals surface area contributed by atoms with Gasteiger partial charge in [0.25, 0.3) is 0 Å². The molecule has 3 rings (SSSR count). The van der Waals surface area contributed by atoms with Crippen LogP contribution in [0.25, 0.3) is 0 Å². The quantitative estimate of drug-likeness (QED) is 0.650. The zero-order valence-corrected chi connectivity index (χ0v) is 18.3. The van der Waals surface area contributed by atoms with Gasteiger partial charge in [-0.25, -0.2) is 8.78 Å². The molecule has 0 radical (unpaired) electrons. The molecule has 7 heteroatoms. The van der Waals surface area contributed by atoms with Gasteiger partial charge in [-0.2, -0.15) is 0 Å². The average Bonchev–Trinajstić information content (AvgIpc) is 3.19. The van der Waals surface area contributed by atoms with Crippen LogP contribution in [0.15, 0.2) is 42.1 Å². The van der Waals surface area contributed by atoms with Crippen LogP contribution < -0.4 is 5.73 Å². The molecule has 0 bridgehead atoms. The Kier molecular flexibility index (Phi) is 7.53. The van der Waals surface area contributed by atoms with Crippen LogP contribution >= 0.6 is 11.6 Å². The van der Waals surface area contributed by atoms with Crippen LogP contribution in [0.2, 0.25) is 0 Å². The number of alkyl halides is 1. The second-order valence-corrected chi connectivity index (χ2v) is 8.84. The summed E-state index contributed by atoms with van der Waals surface area (Å²) in [7, 11) is 0. The van der Waals surface area contributed by atoms with Crippen molar-refractivity contribution in [2.24, 2.45) is 11.7 Å². The molecule has 1 aromatic rings. The van der Waals surface area contributed by atoms with Crippen molar-refractivity contribution in [3.8, 4) is 0 Å². The normalized spacial score (nSPS) is 24.7. The van der Waals surface area contributed by atoms with Gasteiger partial charge in [-0.1, -0.05) is 32.4 Å². The first-order valence-corrected chi connectivity index (χ1v) is 11.0. The van der Waals surface area contributed by atoms with Gasteiger partial charge in [0.05, 0.1) is 5.38 Å². The largest absolute Gasteiger partial charge is 0.362 e. The Labute approximate surface area is 182 Å². The van der Waals surface area contributed by atoms with E-state index in [9.17, 15) is 13.6 Å². The van der Waals surface area contributed by atoms with Gasteiger partial charge >= 0.3 is 0 Å². The fourth-order valence-electron chi connectivity index (χ4n) is 3.90. The molecule has 0 saturated carbocycles. The van der Waals surface area contributed by atoms with Gasteiger partial charge in [0.2, 0.25) is 5.91 Å². The van der Waals surface area contributed by atoms with Crippen LogP contribution in [0.3, 0.4) is 0 Å². The Balaban J connectivity index is 1.81. The van der Waals surface area contributed by atoms with Crippen LogP contribution in [0.1, 0.15) is 38.7 Å². The molecular weight excluding hydrogens is 408 g/mol. The van der Waals surface area contributed by atoms with Crippen molar-refractivity contribution in [3.63, 3.8) is 0 Å². The molecule has 1 amide bonds. The maximum atomic E-state index is 14.4. The van der Waals surface area contributed by atoms with Crippen molar-refractivity contribution in [3.05, 3.63) is 59.3 Å². The molecule has 2 N–H and O–H groups in total. The van der Waals surface area contributed by atoms with E-state index in [0.29, 0.717) is 31.0 Å². The minimum absolute atomic E-state index is 0.0180. The highest BCUT2D eigenvalue weighted by Gasteiger charge is 2.32. The number of carbonyl (C=O) groups is 1. The molecule has 1 saturated heterocycles. The number of rotatable bonds is 7. The maximum absolute atomic E-state index is 14.4. The number of allylic oxidation sites excluding steroid dienone is 1. The Morgan fingerprint density at radius 2 is 2.17 bits per heavy atom. The van der Waals surface area contributed by atoms with Crippen LogP contribution in [0, 0.1) is 17.6 Å². The van der Waals surface area contributed by atoms with Crippen LogP contribution in [0.5, 0.6) is 0 Å². The second-order valence-electron chi connectivity index (χ2n) is 8.34. The molecule has 1 aliphatic heterocycles. The third-order valence-electron chi connectivity index (χ3n) is 6.05. The molecule has 1 aromatic carbocycles. The SMILES string of the molecule is CCC(C)CC(=O)N1CC[C@H](N(Cc2ccc(F)cc2F)C2=CC(Cl)C(N)C=C2)C1. The van der Waals surface area contributed by atoms with E-state index in [1.54, 1.807) is 0 Å². The molecule has 3 unspecified atom stereocenters. The van der Waals surface area contributed by atoms with Gasteiger partial charge < -0.3 is 15.5 Å². The highest BCUT2D eigenvalue weighted by molar-refractivity contribution is 6.22. The summed E-state index contributed by atoms with van der Waals surface area (Å²) in [4.78, 5) is 16.6. The number of hydrogen-bond donors (Lipinski definition) is 1. The summed E-state index contributed by atoms with van der Waals surface area (Å²) in [6, 6.07) is 3.37. The van der Waals surface area contributed by atoms with Crippen molar-refractivity contribution < 1.29 is 13.6 Å². The molecule has 4 nitrogen and oxygen atoms in total. The van der Waals surface area contributed by atoms with Crippen molar-refractivity contribution in [1.29, 1.82) is 0 Å². The summed E-state index contributed by atoms with van der Waals surface area (Å²) in [5, 5.41) is -0.366. The minimum Gasteiger partial charge on any atom is -0.362 e. The Morgan fingerprint density at radius 3 is 2.83 bits per heavy atom. The van der Waals surface area contributed by atoms with Gasteiger partial charge in [-0.15, -0.1) is 11.6 Å². The summed E-state index contributed by atoms with van der Waals surface area (Å²) in [5.74, 6) is -0.676. The Morgan fingerprint density at radius 1 is 1.40 bits per heavy atom. The molecule has 30 heavy (non-hydrogen) atoms. The van der Waals surface area contributed by atoms with Crippen LogP contribution in [-0.2, 0) is 11.3 Å². The summed E-state index contributed by atoms with van der Waals surface area (Å²) in [6.45, 7) is 5.67. The number of amides is 1. The van der Waals surface area contributed by atoms with Crippen LogP contribution in [-0.4, -0.2) is 46.3 Å². The monoisotopic (exact) mass is 437 g/mol. The minimum atomic E-state index is -0.603. The summed E-state index contributed by atoms with van der Waals surface area (Å²) in [6.07, 6.45) is 7.89.